The van der Waals surface area contributed by atoms with E-state index in [1.807, 2.05) is 26.8 Å². The molecule has 2 heteroatoms. The molecule has 0 fully saturated rings. The molecule has 0 radical (unpaired) electrons. The van der Waals surface area contributed by atoms with E-state index in [0.717, 1.165) is 23.5 Å². The van der Waals surface area contributed by atoms with Gasteiger partial charge in [-0.15, -0.1) is 0 Å². The van der Waals surface area contributed by atoms with Crippen LogP contribution in [0.2, 0.25) is 0 Å². The molecule has 0 aliphatic carbocycles. The summed E-state index contributed by atoms with van der Waals surface area (Å²) in [5.74, 6) is 2.07. The van der Waals surface area contributed by atoms with Crippen molar-refractivity contribution in [1.29, 1.82) is 0 Å². The number of benzene rings is 1. The van der Waals surface area contributed by atoms with Crippen LogP contribution in [0.3, 0.4) is 0 Å². The predicted octanol–water partition coefficient (Wildman–Crippen LogP) is 3.78. The van der Waals surface area contributed by atoms with Gasteiger partial charge in [0.1, 0.15) is 17.3 Å². The van der Waals surface area contributed by atoms with Crippen LogP contribution in [0.5, 0.6) is 11.5 Å². The lowest BCUT2D eigenvalue weighted by Crippen LogP contribution is -1.96. The normalized spacial score (nSPS) is 9.87. The van der Waals surface area contributed by atoms with E-state index in [1.165, 1.54) is 5.57 Å². The Kier molecular flexibility index (Phi) is 3.78. The summed E-state index contributed by atoms with van der Waals surface area (Å²) in [7, 11) is 0. The second kappa shape index (κ2) is 4.87. The van der Waals surface area contributed by atoms with Crippen molar-refractivity contribution in [3.05, 3.63) is 35.1 Å². The quantitative estimate of drug-likeness (QED) is 0.762. The van der Waals surface area contributed by atoms with E-state index in [4.69, 9.17) is 4.74 Å². The molecule has 1 N–H and O–H groups in total. The van der Waals surface area contributed by atoms with Crippen LogP contribution in [0.1, 0.15) is 32.8 Å². The smallest absolute Gasteiger partial charge is 0.127 e. The Morgan fingerprint density at radius 2 is 2.00 bits per heavy atom. The molecule has 1 aromatic carbocycles. The fourth-order valence-corrected chi connectivity index (χ4v) is 1.36. The zero-order valence-corrected chi connectivity index (χ0v) is 9.79. The Hall–Kier alpha value is -1.44. The minimum Gasteiger partial charge on any atom is -0.508 e. The van der Waals surface area contributed by atoms with E-state index in [-0.39, 0.29) is 0 Å². The predicted molar refractivity (Wildman–Crippen MR) is 62.1 cm³/mol. The van der Waals surface area contributed by atoms with Gasteiger partial charge in [-0.05, 0) is 50.1 Å². The number of hydrogen-bond donors (Lipinski definition) is 1. The van der Waals surface area contributed by atoms with Crippen molar-refractivity contribution >= 4 is 0 Å². The van der Waals surface area contributed by atoms with Gasteiger partial charge in [0.25, 0.3) is 0 Å². The summed E-state index contributed by atoms with van der Waals surface area (Å²) in [5.41, 5.74) is 2.01. The standard InChI is InChI=1S/C13H18O2/c1-5-13(9(2)3)15-11-6-7-12(14)10(4)8-11/h6-8,14H,5H2,1-4H3. The molecule has 82 valence electrons. The summed E-state index contributed by atoms with van der Waals surface area (Å²) in [6.07, 6.45) is 0.877. The minimum absolute atomic E-state index is 0.303. The highest BCUT2D eigenvalue weighted by molar-refractivity contribution is 5.39. The van der Waals surface area contributed by atoms with Crippen LogP contribution < -0.4 is 4.74 Å². The summed E-state index contributed by atoms with van der Waals surface area (Å²) >= 11 is 0. The molecule has 0 aromatic heterocycles. The van der Waals surface area contributed by atoms with Gasteiger partial charge in [-0.25, -0.2) is 0 Å². The first-order chi connectivity index (χ1) is 7.04. The van der Waals surface area contributed by atoms with Gasteiger partial charge in [0, 0.05) is 6.42 Å². The number of aryl methyl sites for hydroxylation is 1. The average Bonchev–Trinajstić information content (AvgIpc) is 2.19. The van der Waals surface area contributed by atoms with Crippen LogP contribution in [-0.2, 0) is 0 Å². The zero-order chi connectivity index (χ0) is 11.4. The van der Waals surface area contributed by atoms with Crippen LogP contribution in [0, 0.1) is 6.92 Å². The summed E-state index contributed by atoms with van der Waals surface area (Å²) in [6.45, 7) is 7.99. The van der Waals surface area contributed by atoms with Crippen LogP contribution >= 0.6 is 0 Å². The molecule has 1 aromatic rings. The SMILES string of the molecule is CCC(Oc1ccc(O)c(C)c1)=C(C)C. The Balaban J connectivity index is 2.90. The molecule has 0 atom stereocenters. The van der Waals surface area contributed by atoms with Gasteiger partial charge in [-0.3, -0.25) is 0 Å². The van der Waals surface area contributed by atoms with Gasteiger partial charge in [0.05, 0.1) is 0 Å². The third kappa shape index (κ3) is 3.01. The third-order valence-corrected chi connectivity index (χ3v) is 2.29. The summed E-state index contributed by atoms with van der Waals surface area (Å²) in [4.78, 5) is 0. The Labute approximate surface area is 91.2 Å². The molecular weight excluding hydrogens is 188 g/mol. The molecule has 0 spiro atoms. The molecular formula is C13H18O2. The largest absolute Gasteiger partial charge is 0.508 e. The zero-order valence-electron chi connectivity index (χ0n) is 9.79. The van der Waals surface area contributed by atoms with Gasteiger partial charge in [0.2, 0.25) is 0 Å². The van der Waals surface area contributed by atoms with Crippen molar-refractivity contribution in [2.24, 2.45) is 0 Å². The van der Waals surface area contributed by atoms with Crippen molar-refractivity contribution < 1.29 is 9.84 Å². The maximum Gasteiger partial charge on any atom is 0.127 e. The van der Waals surface area contributed by atoms with E-state index in [9.17, 15) is 5.11 Å². The van der Waals surface area contributed by atoms with Gasteiger partial charge in [-0.1, -0.05) is 6.92 Å². The second-order valence-corrected chi connectivity index (χ2v) is 3.83. The summed E-state index contributed by atoms with van der Waals surface area (Å²) in [6, 6.07) is 5.28. The lowest BCUT2D eigenvalue weighted by Gasteiger charge is -2.11. The van der Waals surface area contributed by atoms with Crippen LogP contribution in [-0.4, -0.2) is 5.11 Å². The number of phenolic OH excluding ortho intramolecular Hbond substituents is 1. The van der Waals surface area contributed by atoms with Crippen molar-refractivity contribution in [3.63, 3.8) is 0 Å². The van der Waals surface area contributed by atoms with E-state index in [0.29, 0.717) is 5.75 Å². The molecule has 0 bridgehead atoms. The third-order valence-electron chi connectivity index (χ3n) is 2.29. The minimum atomic E-state index is 0.303. The fourth-order valence-electron chi connectivity index (χ4n) is 1.36. The molecule has 0 saturated carbocycles. The number of aromatic hydroxyl groups is 1. The van der Waals surface area contributed by atoms with E-state index < -0.39 is 0 Å². The van der Waals surface area contributed by atoms with Crippen molar-refractivity contribution in [3.8, 4) is 11.5 Å². The van der Waals surface area contributed by atoms with Crippen molar-refractivity contribution in [2.75, 3.05) is 0 Å². The summed E-state index contributed by atoms with van der Waals surface area (Å²) < 4.78 is 5.73. The lowest BCUT2D eigenvalue weighted by atomic mass is 10.2. The van der Waals surface area contributed by atoms with Gasteiger partial charge in [-0.2, -0.15) is 0 Å². The topological polar surface area (TPSA) is 29.5 Å². The first-order valence-corrected chi connectivity index (χ1v) is 5.18. The van der Waals surface area contributed by atoms with Gasteiger partial charge in [0.15, 0.2) is 0 Å². The molecule has 0 saturated heterocycles. The fraction of sp³-hybridized carbons (Fsp3) is 0.385. The van der Waals surface area contributed by atoms with E-state index >= 15 is 0 Å². The highest BCUT2D eigenvalue weighted by Crippen LogP contribution is 2.24. The summed E-state index contributed by atoms with van der Waals surface area (Å²) in [5, 5.41) is 9.38. The molecule has 2 nitrogen and oxygen atoms in total. The Morgan fingerprint density at radius 1 is 1.33 bits per heavy atom. The number of ether oxygens (including phenoxy) is 1. The molecule has 15 heavy (non-hydrogen) atoms. The molecule has 0 aliphatic rings. The molecule has 0 aliphatic heterocycles. The average molecular weight is 206 g/mol. The Morgan fingerprint density at radius 3 is 2.47 bits per heavy atom. The molecule has 0 amide bonds. The van der Waals surface area contributed by atoms with Gasteiger partial charge >= 0.3 is 0 Å². The lowest BCUT2D eigenvalue weighted by molar-refractivity contribution is 0.400. The van der Waals surface area contributed by atoms with Crippen molar-refractivity contribution in [2.45, 2.75) is 34.1 Å². The highest BCUT2D eigenvalue weighted by Gasteiger charge is 2.03. The molecule has 1 rings (SSSR count). The monoisotopic (exact) mass is 206 g/mol. The highest BCUT2D eigenvalue weighted by atomic mass is 16.5. The second-order valence-electron chi connectivity index (χ2n) is 3.83. The van der Waals surface area contributed by atoms with E-state index in [1.54, 1.807) is 12.1 Å². The maximum atomic E-state index is 9.38. The first kappa shape index (κ1) is 11.6. The maximum absolute atomic E-state index is 9.38. The number of rotatable bonds is 3. The van der Waals surface area contributed by atoms with Crippen LogP contribution in [0.15, 0.2) is 29.5 Å². The van der Waals surface area contributed by atoms with Crippen LogP contribution in [0.4, 0.5) is 0 Å². The number of allylic oxidation sites excluding steroid dienone is 2. The molecule has 0 heterocycles. The Bertz CT molecular complexity index is 374. The molecule has 0 unspecified atom stereocenters. The number of phenols is 1. The first-order valence-electron chi connectivity index (χ1n) is 5.18. The van der Waals surface area contributed by atoms with E-state index in [2.05, 4.69) is 6.92 Å². The van der Waals surface area contributed by atoms with Crippen LogP contribution in [0.25, 0.3) is 0 Å². The van der Waals surface area contributed by atoms with Gasteiger partial charge < -0.3 is 9.84 Å². The number of hydrogen-bond acceptors (Lipinski definition) is 2. The van der Waals surface area contributed by atoms with Crippen molar-refractivity contribution in [1.82, 2.24) is 0 Å².